The molecule has 1 aromatic rings. The fraction of sp³-hybridized carbons (Fsp3) is 0.455. The molecule has 0 aromatic heterocycles. The van der Waals surface area contributed by atoms with Crippen LogP contribution in [-0.2, 0) is 12.8 Å². The van der Waals surface area contributed by atoms with Crippen LogP contribution >= 0.6 is 22.6 Å². The number of rotatable bonds is 2. The molecule has 0 saturated heterocycles. The van der Waals surface area contributed by atoms with E-state index in [1.807, 2.05) is 0 Å². The maximum atomic E-state index is 2.43. The van der Waals surface area contributed by atoms with E-state index in [2.05, 4.69) is 55.5 Å². The molecule has 0 bridgehead atoms. The first-order valence-corrected chi connectivity index (χ1v) is 5.54. The van der Waals surface area contributed by atoms with Crippen LogP contribution in [0.5, 0.6) is 0 Å². The van der Waals surface area contributed by atoms with Crippen molar-refractivity contribution in [2.24, 2.45) is 0 Å². The standard InChI is InChI=1S/C11H15I/c1-4-9-6-8(3)7-11(12)10(9)5-2/h6-7H,4-5H2,1-3H3. The molecule has 0 heterocycles. The van der Waals surface area contributed by atoms with Crippen LogP contribution in [0.4, 0.5) is 0 Å². The van der Waals surface area contributed by atoms with Crippen LogP contribution in [0.2, 0.25) is 0 Å². The lowest BCUT2D eigenvalue weighted by Crippen LogP contribution is -1.95. The van der Waals surface area contributed by atoms with Gasteiger partial charge in [0, 0.05) is 3.57 Å². The molecule has 12 heavy (non-hydrogen) atoms. The van der Waals surface area contributed by atoms with Crippen molar-refractivity contribution in [2.75, 3.05) is 0 Å². The van der Waals surface area contributed by atoms with Gasteiger partial charge in [-0.05, 0) is 65.1 Å². The van der Waals surface area contributed by atoms with Crippen molar-refractivity contribution in [3.05, 3.63) is 32.4 Å². The molecule has 0 saturated carbocycles. The number of halogens is 1. The molecular formula is C11H15I. The van der Waals surface area contributed by atoms with Gasteiger partial charge in [-0.25, -0.2) is 0 Å². The van der Waals surface area contributed by atoms with Gasteiger partial charge in [0.25, 0.3) is 0 Å². The molecule has 1 heteroatoms. The average molecular weight is 274 g/mol. The third-order valence-electron chi connectivity index (χ3n) is 2.17. The van der Waals surface area contributed by atoms with Crippen LogP contribution in [0, 0.1) is 10.5 Å². The van der Waals surface area contributed by atoms with Gasteiger partial charge < -0.3 is 0 Å². The maximum absolute atomic E-state index is 2.43. The highest BCUT2D eigenvalue weighted by Gasteiger charge is 2.03. The van der Waals surface area contributed by atoms with Crippen LogP contribution in [-0.4, -0.2) is 0 Å². The second-order valence-electron chi connectivity index (χ2n) is 3.09. The van der Waals surface area contributed by atoms with E-state index in [1.54, 1.807) is 0 Å². The molecule has 0 aliphatic rings. The van der Waals surface area contributed by atoms with E-state index in [9.17, 15) is 0 Å². The Morgan fingerprint density at radius 3 is 2.33 bits per heavy atom. The highest BCUT2D eigenvalue weighted by Crippen LogP contribution is 2.20. The lowest BCUT2D eigenvalue weighted by molar-refractivity contribution is 1.02. The van der Waals surface area contributed by atoms with E-state index in [-0.39, 0.29) is 0 Å². The Bertz CT molecular complexity index is 277. The van der Waals surface area contributed by atoms with Crippen LogP contribution in [0.1, 0.15) is 30.5 Å². The van der Waals surface area contributed by atoms with Crippen molar-refractivity contribution in [3.8, 4) is 0 Å². The first kappa shape index (κ1) is 10.0. The van der Waals surface area contributed by atoms with Gasteiger partial charge in [-0.15, -0.1) is 0 Å². The summed E-state index contributed by atoms with van der Waals surface area (Å²) >= 11 is 2.43. The van der Waals surface area contributed by atoms with Crippen molar-refractivity contribution in [3.63, 3.8) is 0 Å². The molecule has 0 unspecified atom stereocenters. The number of hydrogen-bond donors (Lipinski definition) is 0. The molecule has 66 valence electrons. The summed E-state index contributed by atoms with van der Waals surface area (Å²) in [5.41, 5.74) is 4.43. The SMILES string of the molecule is CCc1cc(C)cc(I)c1CC. The monoisotopic (exact) mass is 274 g/mol. The molecule has 0 spiro atoms. The molecule has 0 N–H and O–H groups in total. The van der Waals surface area contributed by atoms with Gasteiger partial charge in [-0.3, -0.25) is 0 Å². The summed E-state index contributed by atoms with van der Waals surface area (Å²) in [5, 5.41) is 0. The summed E-state index contributed by atoms with van der Waals surface area (Å²) in [5.74, 6) is 0. The molecular weight excluding hydrogens is 259 g/mol. The van der Waals surface area contributed by atoms with E-state index in [0.29, 0.717) is 0 Å². The lowest BCUT2D eigenvalue weighted by Gasteiger charge is -2.09. The minimum atomic E-state index is 1.15. The fourth-order valence-corrected chi connectivity index (χ4v) is 2.77. The maximum Gasteiger partial charge on any atom is 0.0167 e. The summed E-state index contributed by atoms with van der Waals surface area (Å²) in [7, 11) is 0. The van der Waals surface area contributed by atoms with Gasteiger partial charge in [-0.1, -0.05) is 19.9 Å². The minimum Gasteiger partial charge on any atom is -0.0613 e. The van der Waals surface area contributed by atoms with Gasteiger partial charge in [0.15, 0.2) is 0 Å². The Hall–Kier alpha value is -0.0500. The third kappa shape index (κ3) is 2.00. The number of aryl methyl sites for hydroxylation is 2. The summed E-state index contributed by atoms with van der Waals surface area (Å²) in [6.45, 7) is 6.62. The predicted molar refractivity (Wildman–Crippen MR) is 62.7 cm³/mol. The zero-order valence-corrected chi connectivity index (χ0v) is 10.1. The van der Waals surface area contributed by atoms with Crippen molar-refractivity contribution in [2.45, 2.75) is 33.6 Å². The van der Waals surface area contributed by atoms with Gasteiger partial charge in [0.1, 0.15) is 0 Å². The molecule has 0 radical (unpaired) electrons. The minimum absolute atomic E-state index is 1.15. The Morgan fingerprint density at radius 1 is 1.17 bits per heavy atom. The van der Waals surface area contributed by atoms with Crippen molar-refractivity contribution >= 4 is 22.6 Å². The lowest BCUT2D eigenvalue weighted by atomic mass is 10.0. The van der Waals surface area contributed by atoms with Gasteiger partial charge in [-0.2, -0.15) is 0 Å². The summed E-state index contributed by atoms with van der Waals surface area (Å²) in [4.78, 5) is 0. The third-order valence-corrected chi connectivity index (χ3v) is 3.13. The number of benzene rings is 1. The Morgan fingerprint density at radius 2 is 1.83 bits per heavy atom. The molecule has 0 amide bonds. The molecule has 0 fully saturated rings. The zero-order valence-electron chi connectivity index (χ0n) is 7.95. The largest absolute Gasteiger partial charge is 0.0613 e. The Labute approximate surface area is 88.5 Å². The topological polar surface area (TPSA) is 0 Å². The first-order chi connectivity index (χ1) is 5.69. The molecule has 0 atom stereocenters. The second kappa shape index (κ2) is 4.26. The quantitative estimate of drug-likeness (QED) is 0.721. The van der Waals surface area contributed by atoms with Gasteiger partial charge in [0.2, 0.25) is 0 Å². The average Bonchev–Trinajstić information content (AvgIpc) is 2.03. The van der Waals surface area contributed by atoms with Crippen LogP contribution in [0.25, 0.3) is 0 Å². The Kier molecular flexibility index (Phi) is 3.56. The van der Waals surface area contributed by atoms with Crippen molar-refractivity contribution < 1.29 is 0 Å². The van der Waals surface area contributed by atoms with Gasteiger partial charge in [0.05, 0.1) is 0 Å². The van der Waals surface area contributed by atoms with Crippen LogP contribution < -0.4 is 0 Å². The van der Waals surface area contributed by atoms with Crippen LogP contribution in [0.3, 0.4) is 0 Å². The van der Waals surface area contributed by atoms with E-state index >= 15 is 0 Å². The van der Waals surface area contributed by atoms with E-state index in [4.69, 9.17) is 0 Å². The highest BCUT2D eigenvalue weighted by atomic mass is 127. The highest BCUT2D eigenvalue weighted by molar-refractivity contribution is 14.1. The number of hydrogen-bond acceptors (Lipinski definition) is 0. The molecule has 1 aromatic carbocycles. The molecule has 0 aliphatic carbocycles. The smallest absolute Gasteiger partial charge is 0.0167 e. The first-order valence-electron chi connectivity index (χ1n) is 4.47. The van der Waals surface area contributed by atoms with E-state index < -0.39 is 0 Å². The fourth-order valence-electron chi connectivity index (χ4n) is 1.56. The summed E-state index contributed by atoms with van der Waals surface area (Å²) in [6, 6.07) is 4.57. The molecule has 0 nitrogen and oxygen atoms in total. The van der Waals surface area contributed by atoms with Crippen LogP contribution in [0.15, 0.2) is 12.1 Å². The van der Waals surface area contributed by atoms with E-state index in [0.717, 1.165) is 12.8 Å². The Balaban J connectivity index is 3.24. The van der Waals surface area contributed by atoms with Crippen molar-refractivity contribution in [1.29, 1.82) is 0 Å². The van der Waals surface area contributed by atoms with Crippen molar-refractivity contribution in [1.82, 2.24) is 0 Å². The van der Waals surface area contributed by atoms with Gasteiger partial charge >= 0.3 is 0 Å². The van der Waals surface area contributed by atoms with E-state index in [1.165, 1.54) is 20.3 Å². The zero-order chi connectivity index (χ0) is 9.14. The predicted octanol–water partition coefficient (Wildman–Crippen LogP) is 3.72. The summed E-state index contributed by atoms with van der Waals surface area (Å²) in [6.07, 6.45) is 2.31. The normalized spacial score (nSPS) is 10.3. The molecule has 1 rings (SSSR count). The second-order valence-corrected chi connectivity index (χ2v) is 4.25. The molecule has 0 aliphatic heterocycles. The summed E-state index contributed by atoms with van der Waals surface area (Å²) < 4.78 is 1.42.